The third-order valence-electron chi connectivity index (χ3n) is 2.81. The van der Waals surface area contributed by atoms with E-state index >= 15 is 0 Å². The number of likely N-dealkylation sites (N-methyl/N-ethyl adjacent to an activating group) is 1. The van der Waals surface area contributed by atoms with E-state index in [-0.39, 0.29) is 0 Å². The average molecular weight is 389 g/mol. The van der Waals surface area contributed by atoms with E-state index in [4.69, 9.17) is 0 Å². The van der Waals surface area contributed by atoms with Gasteiger partial charge in [-0.2, -0.15) is 0 Å². The van der Waals surface area contributed by atoms with Crippen LogP contribution >= 0.6 is 43.2 Å². The summed E-state index contributed by atoms with van der Waals surface area (Å²) in [4.78, 5) is 1.39. The Labute approximate surface area is 129 Å². The molecule has 0 spiro atoms. The van der Waals surface area contributed by atoms with Crippen LogP contribution in [0.4, 0.5) is 0 Å². The summed E-state index contributed by atoms with van der Waals surface area (Å²) in [7, 11) is 0. The first-order valence-corrected chi connectivity index (χ1v) is 8.38. The molecule has 1 aromatic carbocycles. The van der Waals surface area contributed by atoms with Crippen LogP contribution in [0.15, 0.2) is 44.7 Å². The quantitative estimate of drug-likeness (QED) is 0.745. The van der Waals surface area contributed by atoms with Gasteiger partial charge in [-0.1, -0.05) is 41.1 Å². The van der Waals surface area contributed by atoms with Gasteiger partial charge in [0.25, 0.3) is 0 Å². The molecule has 18 heavy (non-hydrogen) atoms. The molecule has 4 heteroatoms. The molecule has 0 aliphatic heterocycles. The summed E-state index contributed by atoms with van der Waals surface area (Å²) in [5.74, 6) is 0. The molecule has 0 amide bonds. The molecule has 0 fully saturated rings. The Bertz CT molecular complexity index is 510. The Morgan fingerprint density at radius 2 is 1.94 bits per heavy atom. The first-order valence-electron chi connectivity index (χ1n) is 5.92. The lowest BCUT2D eigenvalue weighted by Crippen LogP contribution is -2.23. The van der Waals surface area contributed by atoms with Gasteiger partial charge in [0, 0.05) is 26.3 Å². The molecule has 96 valence electrons. The molecule has 1 aromatic heterocycles. The standard InChI is InChI=1S/C14H15Br2NS/c1-2-17-13(9-14-12(16)7-8-18-14)10-5-3-4-6-11(10)15/h3-8,13,17H,2,9H2,1H3. The second kappa shape index (κ2) is 6.85. The van der Waals surface area contributed by atoms with Crippen LogP contribution in [0.1, 0.15) is 23.4 Å². The fourth-order valence-corrected chi connectivity index (χ4v) is 4.07. The predicted octanol–water partition coefficient (Wildman–Crippen LogP) is 5.17. The summed E-state index contributed by atoms with van der Waals surface area (Å²) in [6.07, 6.45) is 1.01. The molecule has 0 aliphatic carbocycles. The highest BCUT2D eigenvalue weighted by molar-refractivity contribution is 9.10. The van der Waals surface area contributed by atoms with Crippen LogP contribution in [-0.4, -0.2) is 6.54 Å². The van der Waals surface area contributed by atoms with E-state index in [0.29, 0.717) is 6.04 Å². The molecular formula is C14H15Br2NS. The van der Waals surface area contributed by atoms with Gasteiger partial charge in [-0.25, -0.2) is 0 Å². The van der Waals surface area contributed by atoms with Crippen LogP contribution < -0.4 is 5.32 Å². The second-order valence-corrected chi connectivity index (χ2v) is 6.74. The lowest BCUT2D eigenvalue weighted by Gasteiger charge is -2.19. The van der Waals surface area contributed by atoms with Gasteiger partial charge in [0.15, 0.2) is 0 Å². The second-order valence-electron chi connectivity index (χ2n) is 4.03. The van der Waals surface area contributed by atoms with E-state index in [1.807, 2.05) is 0 Å². The molecule has 2 aromatic rings. The van der Waals surface area contributed by atoms with Crippen molar-refractivity contribution in [3.63, 3.8) is 0 Å². The van der Waals surface area contributed by atoms with Crippen LogP contribution in [0.5, 0.6) is 0 Å². The minimum atomic E-state index is 0.348. The Kier molecular flexibility index (Phi) is 5.42. The molecule has 0 radical (unpaired) electrons. The molecule has 0 aliphatic rings. The van der Waals surface area contributed by atoms with Crippen molar-refractivity contribution < 1.29 is 0 Å². The average Bonchev–Trinajstić information content (AvgIpc) is 2.75. The predicted molar refractivity (Wildman–Crippen MR) is 86.3 cm³/mol. The molecule has 1 heterocycles. The number of benzene rings is 1. The highest BCUT2D eigenvalue weighted by Gasteiger charge is 2.15. The van der Waals surface area contributed by atoms with E-state index in [1.54, 1.807) is 11.3 Å². The molecule has 1 N–H and O–H groups in total. The van der Waals surface area contributed by atoms with Crippen molar-refractivity contribution in [2.45, 2.75) is 19.4 Å². The van der Waals surface area contributed by atoms with Crippen molar-refractivity contribution in [3.8, 4) is 0 Å². The molecule has 0 saturated carbocycles. The summed E-state index contributed by atoms with van der Waals surface area (Å²) in [6, 6.07) is 10.9. The Balaban J connectivity index is 2.24. The summed E-state index contributed by atoms with van der Waals surface area (Å²) < 4.78 is 2.38. The third kappa shape index (κ3) is 3.44. The van der Waals surface area contributed by atoms with Gasteiger partial charge in [-0.05, 0) is 45.6 Å². The van der Waals surface area contributed by atoms with Crippen molar-refractivity contribution in [1.29, 1.82) is 0 Å². The van der Waals surface area contributed by atoms with Crippen LogP contribution in [0.2, 0.25) is 0 Å². The minimum Gasteiger partial charge on any atom is -0.310 e. The van der Waals surface area contributed by atoms with Crippen LogP contribution in [0, 0.1) is 0 Å². The number of rotatable bonds is 5. The molecular weight excluding hydrogens is 374 g/mol. The van der Waals surface area contributed by atoms with Crippen molar-refractivity contribution in [1.82, 2.24) is 5.32 Å². The lowest BCUT2D eigenvalue weighted by molar-refractivity contribution is 0.551. The summed E-state index contributed by atoms with van der Waals surface area (Å²) in [5.41, 5.74) is 1.32. The van der Waals surface area contributed by atoms with Gasteiger partial charge >= 0.3 is 0 Å². The zero-order chi connectivity index (χ0) is 13.0. The van der Waals surface area contributed by atoms with E-state index < -0.39 is 0 Å². The minimum absolute atomic E-state index is 0.348. The Morgan fingerprint density at radius 1 is 1.17 bits per heavy atom. The van der Waals surface area contributed by atoms with Crippen molar-refractivity contribution in [2.24, 2.45) is 0 Å². The maximum Gasteiger partial charge on any atom is 0.0380 e. The maximum absolute atomic E-state index is 3.64. The SMILES string of the molecule is CCNC(Cc1sccc1Br)c1ccccc1Br. The summed E-state index contributed by atoms with van der Waals surface area (Å²) in [6.45, 7) is 3.11. The summed E-state index contributed by atoms with van der Waals surface area (Å²) in [5, 5.41) is 5.69. The van der Waals surface area contributed by atoms with Gasteiger partial charge < -0.3 is 5.32 Å². The van der Waals surface area contributed by atoms with Gasteiger partial charge in [0.1, 0.15) is 0 Å². The zero-order valence-electron chi connectivity index (χ0n) is 10.1. The van der Waals surface area contributed by atoms with E-state index in [9.17, 15) is 0 Å². The molecule has 2 rings (SSSR count). The van der Waals surface area contributed by atoms with Crippen molar-refractivity contribution in [3.05, 3.63) is 55.1 Å². The van der Waals surface area contributed by atoms with Crippen LogP contribution in [0.3, 0.4) is 0 Å². The van der Waals surface area contributed by atoms with Crippen LogP contribution in [-0.2, 0) is 6.42 Å². The fourth-order valence-electron chi connectivity index (χ4n) is 1.95. The smallest absolute Gasteiger partial charge is 0.0380 e. The first-order chi connectivity index (χ1) is 8.72. The highest BCUT2D eigenvalue weighted by Crippen LogP contribution is 2.31. The number of hydrogen-bond acceptors (Lipinski definition) is 2. The largest absolute Gasteiger partial charge is 0.310 e. The molecule has 0 saturated heterocycles. The highest BCUT2D eigenvalue weighted by atomic mass is 79.9. The van der Waals surface area contributed by atoms with Gasteiger partial charge in [-0.15, -0.1) is 11.3 Å². The fraction of sp³-hybridized carbons (Fsp3) is 0.286. The molecule has 1 nitrogen and oxygen atoms in total. The molecule has 1 unspecified atom stereocenters. The van der Waals surface area contributed by atoms with E-state index in [2.05, 4.69) is 79.8 Å². The van der Waals surface area contributed by atoms with Gasteiger partial charge in [0.2, 0.25) is 0 Å². The normalized spacial score (nSPS) is 12.6. The number of nitrogens with one attached hydrogen (secondary N) is 1. The number of hydrogen-bond donors (Lipinski definition) is 1. The van der Waals surface area contributed by atoms with Gasteiger partial charge in [-0.3, -0.25) is 0 Å². The van der Waals surface area contributed by atoms with Crippen molar-refractivity contribution in [2.75, 3.05) is 6.54 Å². The topological polar surface area (TPSA) is 12.0 Å². The Morgan fingerprint density at radius 3 is 2.56 bits per heavy atom. The number of halogens is 2. The zero-order valence-corrected chi connectivity index (χ0v) is 14.1. The maximum atomic E-state index is 3.64. The van der Waals surface area contributed by atoms with E-state index in [0.717, 1.165) is 13.0 Å². The molecule has 1 atom stereocenters. The Hall–Kier alpha value is -0.160. The lowest BCUT2D eigenvalue weighted by atomic mass is 10.0. The van der Waals surface area contributed by atoms with Gasteiger partial charge in [0.05, 0.1) is 0 Å². The summed E-state index contributed by atoms with van der Waals surface area (Å²) >= 11 is 9.05. The molecule has 0 bridgehead atoms. The first kappa shape index (κ1) is 14.3. The van der Waals surface area contributed by atoms with E-state index in [1.165, 1.54) is 19.4 Å². The number of thiophene rings is 1. The monoisotopic (exact) mass is 387 g/mol. The van der Waals surface area contributed by atoms with Crippen LogP contribution in [0.25, 0.3) is 0 Å². The third-order valence-corrected chi connectivity index (χ3v) is 5.48. The van der Waals surface area contributed by atoms with Crippen molar-refractivity contribution >= 4 is 43.2 Å².